The summed E-state index contributed by atoms with van der Waals surface area (Å²) in [6, 6.07) is 0. The third kappa shape index (κ3) is 12.3. The lowest BCUT2D eigenvalue weighted by molar-refractivity contribution is 0.625. The van der Waals surface area contributed by atoms with Crippen LogP contribution in [0.1, 0.15) is 66.2 Å². The number of nitrogens with zero attached hydrogens (tertiary/aromatic N) is 2. The summed E-state index contributed by atoms with van der Waals surface area (Å²) in [7, 11) is -0.494. The van der Waals surface area contributed by atoms with Crippen LogP contribution in [-0.2, 0) is 0 Å². The van der Waals surface area contributed by atoms with Crippen LogP contribution >= 0.6 is 7.26 Å². The van der Waals surface area contributed by atoms with E-state index in [1.54, 1.807) is 11.5 Å². The van der Waals surface area contributed by atoms with Crippen LogP contribution in [0.2, 0.25) is 0 Å². The molecule has 20 heavy (non-hydrogen) atoms. The minimum absolute atomic E-state index is 0.494. The van der Waals surface area contributed by atoms with Crippen LogP contribution in [0.15, 0.2) is 0 Å². The van der Waals surface area contributed by atoms with Gasteiger partial charge in [0, 0.05) is 7.26 Å². The highest BCUT2D eigenvalue weighted by Gasteiger charge is 2.29. The molecule has 0 unspecified atom stereocenters. The van der Waals surface area contributed by atoms with Crippen molar-refractivity contribution in [1.82, 2.24) is 5.32 Å². The summed E-state index contributed by atoms with van der Waals surface area (Å²) in [4.78, 5) is 0. The molecule has 0 fully saturated rings. The van der Waals surface area contributed by atoms with Gasteiger partial charge in [-0.1, -0.05) is 32.6 Å². The second kappa shape index (κ2) is 16.3. The third-order valence-corrected chi connectivity index (χ3v) is 9.40. The molecule has 0 aromatic carbocycles. The fourth-order valence-corrected chi connectivity index (χ4v) is 5.58. The summed E-state index contributed by atoms with van der Waals surface area (Å²) in [5.74, 6) is 0. The molecule has 0 aliphatic carbocycles. The molecule has 116 valence electrons. The summed E-state index contributed by atoms with van der Waals surface area (Å²) in [5, 5.41) is 16.7. The summed E-state index contributed by atoms with van der Waals surface area (Å²) in [6.07, 6.45) is 17.6. The molecule has 0 amide bonds. The molecular formula is C16H33N3P+. The monoisotopic (exact) mass is 298 g/mol. The van der Waals surface area contributed by atoms with Crippen molar-refractivity contribution in [2.45, 2.75) is 66.2 Å². The molecule has 0 heterocycles. The number of hydrogen-bond donors (Lipinski definition) is 1. The third-order valence-electron chi connectivity index (χ3n) is 4.11. The Morgan fingerprint density at radius 3 is 1.55 bits per heavy atom. The zero-order valence-corrected chi connectivity index (χ0v) is 14.8. The largest absolute Gasteiger partial charge is 0.229 e. The molecule has 0 aromatic heterocycles. The van der Waals surface area contributed by atoms with Gasteiger partial charge in [0.25, 0.3) is 0 Å². The van der Waals surface area contributed by atoms with Crippen molar-refractivity contribution in [3.8, 4) is 12.4 Å². The second-order valence-corrected chi connectivity index (χ2v) is 10.2. The number of nitrogens with one attached hydrogen (secondary N) is 1. The van der Waals surface area contributed by atoms with Gasteiger partial charge in [0.2, 0.25) is 0 Å². The van der Waals surface area contributed by atoms with Crippen LogP contribution in [0.4, 0.5) is 0 Å². The molecule has 0 rings (SSSR count). The fourth-order valence-electron chi connectivity index (χ4n) is 2.40. The number of rotatable bonds is 10. The Kier molecular flexibility index (Phi) is 17.5. The zero-order chi connectivity index (χ0) is 15.7. The molecule has 0 saturated carbocycles. The summed E-state index contributed by atoms with van der Waals surface area (Å²) in [5.41, 5.74) is 0. The molecule has 3 nitrogen and oxygen atoms in total. The Morgan fingerprint density at radius 1 is 0.750 bits per heavy atom. The molecule has 0 atom stereocenters. The van der Waals surface area contributed by atoms with Gasteiger partial charge in [-0.2, -0.15) is 10.5 Å². The van der Waals surface area contributed by atoms with E-state index in [2.05, 4.69) is 27.7 Å². The van der Waals surface area contributed by atoms with Crippen molar-refractivity contribution >= 4 is 7.26 Å². The van der Waals surface area contributed by atoms with Gasteiger partial charge in [0.05, 0.1) is 24.6 Å². The smallest absolute Gasteiger partial charge is 0.190 e. The SMILES string of the molecule is CCCCCCCC[P+](CC)(CC)CC.N#CNC#N. The quantitative estimate of drug-likeness (QED) is 0.268. The van der Waals surface area contributed by atoms with Gasteiger partial charge in [0.15, 0.2) is 12.4 Å². The number of nitriles is 2. The number of unbranched alkanes of at least 4 members (excludes halogenated alkanes) is 5. The molecule has 4 heteroatoms. The van der Waals surface area contributed by atoms with Crippen molar-refractivity contribution in [1.29, 1.82) is 10.5 Å². The maximum atomic E-state index is 7.48. The Hall–Kier alpha value is -0.790. The van der Waals surface area contributed by atoms with E-state index in [0.29, 0.717) is 0 Å². The molecule has 0 bridgehead atoms. The average molecular weight is 298 g/mol. The van der Waals surface area contributed by atoms with Crippen molar-refractivity contribution in [3.05, 3.63) is 0 Å². The topological polar surface area (TPSA) is 59.6 Å². The van der Waals surface area contributed by atoms with E-state index >= 15 is 0 Å². The van der Waals surface area contributed by atoms with E-state index in [4.69, 9.17) is 10.5 Å². The molecular weight excluding hydrogens is 265 g/mol. The maximum absolute atomic E-state index is 7.48. The van der Waals surface area contributed by atoms with E-state index in [-0.39, 0.29) is 0 Å². The van der Waals surface area contributed by atoms with Gasteiger partial charge in [0.1, 0.15) is 0 Å². The Morgan fingerprint density at radius 2 is 1.20 bits per heavy atom. The van der Waals surface area contributed by atoms with Gasteiger partial charge in [-0.25, -0.2) is 5.32 Å². The van der Waals surface area contributed by atoms with Gasteiger partial charge in [-0.05, 0) is 33.6 Å². The highest BCUT2D eigenvalue weighted by molar-refractivity contribution is 7.75. The van der Waals surface area contributed by atoms with Gasteiger partial charge >= 0.3 is 0 Å². The Labute approximate surface area is 127 Å². The Bertz CT molecular complexity index is 254. The van der Waals surface area contributed by atoms with Crippen molar-refractivity contribution in [3.63, 3.8) is 0 Å². The van der Waals surface area contributed by atoms with Crippen LogP contribution in [0.5, 0.6) is 0 Å². The average Bonchev–Trinajstić information content (AvgIpc) is 2.49. The first kappa shape index (κ1) is 21.5. The van der Waals surface area contributed by atoms with Crippen molar-refractivity contribution in [2.75, 3.05) is 24.6 Å². The van der Waals surface area contributed by atoms with Crippen LogP contribution in [-0.4, -0.2) is 24.6 Å². The highest BCUT2D eigenvalue weighted by Crippen LogP contribution is 2.58. The molecule has 0 radical (unpaired) electrons. The molecule has 0 saturated heterocycles. The highest BCUT2D eigenvalue weighted by atomic mass is 31.2. The fraction of sp³-hybridized carbons (Fsp3) is 0.875. The van der Waals surface area contributed by atoms with Crippen LogP contribution in [0, 0.1) is 22.9 Å². The molecule has 0 aliphatic rings. The first-order valence-corrected chi connectivity index (χ1v) is 10.6. The summed E-state index contributed by atoms with van der Waals surface area (Å²) >= 11 is 0. The minimum atomic E-state index is -0.494. The van der Waals surface area contributed by atoms with Crippen LogP contribution < -0.4 is 5.32 Å². The zero-order valence-electron chi connectivity index (χ0n) is 13.9. The summed E-state index contributed by atoms with van der Waals surface area (Å²) < 4.78 is 0. The van der Waals surface area contributed by atoms with Gasteiger partial charge in [-0.3, -0.25) is 0 Å². The first-order chi connectivity index (χ1) is 9.66. The van der Waals surface area contributed by atoms with Crippen molar-refractivity contribution in [2.24, 2.45) is 0 Å². The van der Waals surface area contributed by atoms with Crippen LogP contribution in [0.25, 0.3) is 0 Å². The molecule has 0 aromatic rings. The van der Waals surface area contributed by atoms with E-state index < -0.39 is 7.26 Å². The van der Waals surface area contributed by atoms with Gasteiger partial charge in [-0.15, -0.1) is 0 Å². The molecule has 1 N–H and O–H groups in total. The van der Waals surface area contributed by atoms with E-state index in [9.17, 15) is 0 Å². The minimum Gasteiger partial charge on any atom is -0.229 e. The first-order valence-electron chi connectivity index (χ1n) is 8.04. The molecule has 0 aliphatic heterocycles. The second-order valence-electron chi connectivity index (χ2n) is 5.13. The number of hydrogen-bond acceptors (Lipinski definition) is 3. The molecule has 0 spiro atoms. The maximum Gasteiger partial charge on any atom is 0.190 e. The predicted molar refractivity (Wildman–Crippen MR) is 91.1 cm³/mol. The lowest BCUT2D eigenvalue weighted by atomic mass is 10.1. The van der Waals surface area contributed by atoms with Crippen molar-refractivity contribution < 1.29 is 0 Å². The van der Waals surface area contributed by atoms with E-state index in [1.165, 1.54) is 69.4 Å². The van der Waals surface area contributed by atoms with Gasteiger partial charge < -0.3 is 0 Å². The standard InChI is InChI=1S/C14H32P.C2HN3/c1-5-9-10-11-12-13-14-15(6-2,7-3)8-4;3-1-5-2-4/h5-14H2,1-4H3;5H/q+1;. The lowest BCUT2D eigenvalue weighted by Gasteiger charge is -2.23. The van der Waals surface area contributed by atoms with Crippen LogP contribution in [0.3, 0.4) is 0 Å². The lowest BCUT2D eigenvalue weighted by Crippen LogP contribution is -2.07. The predicted octanol–water partition coefficient (Wildman–Crippen LogP) is 4.96. The summed E-state index contributed by atoms with van der Waals surface area (Å²) in [6.45, 7) is 9.54. The normalized spacial score (nSPS) is 9.90. The van der Waals surface area contributed by atoms with E-state index in [0.717, 1.165) is 0 Å². The Balaban J connectivity index is 0. The van der Waals surface area contributed by atoms with E-state index in [1.807, 2.05) is 0 Å².